The predicted molar refractivity (Wildman–Crippen MR) is 80.7 cm³/mol. The van der Waals surface area contributed by atoms with Gasteiger partial charge in [0.1, 0.15) is 11.7 Å². The Kier molecular flexibility index (Phi) is 5.93. The SMILES string of the molecule is CCOC(=O)[C@H]1CCN(Cc2ccccc2)CCCC1=O. The fourth-order valence-electron chi connectivity index (χ4n) is 2.73. The Morgan fingerprint density at radius 3 is 2.76 bits per heavy atom. The number of rotatable bonds is 4. The van der Waals surface area contributed by atoms with Crippen LogP contribution in [0.2, 0.25) is 0 Å². The van der Waals surface area contributed by atoms with Crippen molar-refractivity contribution in [2.24, 2.45) is 5.92 Å². The number of esters is 1. The fourth-order valence-corrected chi connectivity index (χ4v) is 2.73. The molecule has 0 bridgehead atoms. The molecule has 4 nitrogen and oxygen atoms in total. The average molecular weight is 289 g/mol. The van der Waals surface area contributed by atoms with Crippen LogP contribution in [-0.2, 0) is 20.9 Å². The maximum absolute atomic E-state index is 12.0. The first kappa shape index (κ1) is 15.7. The first-order valence-electron chi connectivity index (χ1n) is 7.66. The zero-order valence-corrected chi connectivity index (χ0v) is 12.6. The van der Waals surface area contributed by atoms with Crippen molar-refractivity contribution in [3.8, 4) is 0 Å². The third-order valence-electron chi connectivity index (χ3n) is 3.84. The van der Waals surface area contributed by atoms with Gasteiger partial charge in [-0.25, -0.2) is 0 Å². The number of nitrogens with zero attached hydrogens (tertiary/aromatic N) is 1. The number of benzene rings is 1. The van der Waals surface area contributed by atoms with Gasteiger partial charge in [-0.05, 0) is 38.4 Å². The Morgan fingerprint density at radius 2 is 2.05 bits per heavy atom. The molecule has 1 heterocycles. The summed E-state index contributed by atoms with van der Waals surface area (Å²) in [5, 5.41) is 0. The van der Waals surface area contributed by atoms with Gasteiger partial charge in [-0.2, -0.15) is 0 Å². The number of likely N-dealkylation sites (tertiary alicyclic amines) is 1. The average Bonchev–Trinajstić information content (AvgIpc) is 2.46. The Bertz CT molecular complexity index is 464. The van der Waals surface area contributed by atoms with E-state index in [2.05, 4.69) is 17.0 Å². The number of hydrogen-bond donors (Lipinski definition) is 0. The summed E-state index contributed by atoms with van der Waals surface area (Å²) >= 11 is 0. The molecule has 0 aromatic heterocycles. The summed E-state index contributed by atoms with van der Waals surface area (Å²) < 4.78 is 5.02. The van der Waals surface area contributed by atoms with Gasteiger partial charge in [0, 0.05) is 13.0 Å². The third kappa shape index (κ3) is 4.67. The van der Waals surface area contributed by atoms with Crippen molar-refractivity contribution in [3.63, 3.8) is 0 Å². The summed E-state index contributed by atoms with van der Waals surface area (Å²) in [5.41, 5.74) is 1.26. The number of Topliss-reactive ketones (excluding diaryl/α,β-unsaturated/α-hetero) is 1. The molecule has 0 spiro atoms. The molecule has 0 unspecified atom stereocenters. The predicted octanol–water partition coefficient (Wildman–Crippen LogP) is 2.42. The lowest BCUT2D eigenvalue weighted by Gasteiger charge is -2.27. The number of ketones is 1. The molecule has 21 heavy (non-hydrogen) atoms. The Balaban J connectivity index is 1.95. The van der Waals surface area contributed by atoms with Gasteiger partial charge in [-0.1, -0.05) is 30.3 Å². The van der Waals surface area contributed by atoms with E-state index in [0.717, 1.165) is 26.1 Å². The highest BCUT2D eigenvalue weighted by molar-refractivity contribution is 5.99. The first-order chi connectivity index (χ1) is 10.2. The summed E-state index contributed by atoms with van der Waals surface area (Å²) in [5.74, 6) is -0.902. The zero-order chi connectivity index (χ0) is 15.1. The smallest absolute Gasteiger partial charge is 0.316 e. The molecule has 0 aliphatic carbocycles. The number of ether oxygens (including phenoxy) is 1. The van der Waals surface area contributed by atoms with E-state index >= 15 is 0 Å². The van der Waals surface area contributed by atoms with Gasteiger partial charge in [0.05, 0.1) is 6.61 Å². The van der Waals surface area contributed by atoms with Crippen molar-refractivity contribution in [1.29, 1.82) is 0 Å². The monoisotopic (exact) mass is 289 g/mol. The van der Waals surface area contributed by atoms with Crippen molar-refractivity contribution < 1.29 is 14.3 Å². The molecule has 1 atom stereocenters. The van der Waals surface area contributed by atoms with Gasteiger partial charge in [0.2, 0.25) is 0 Å². The van der Waals surface area contributed by atoms with E-state index in [-0.39, 0.29) is 11.8 Å². The maximum Gasteiger partial charge on any atom is 0.316 e. The Labute approximate surface area is 126 Å². The molecule has 1 aliphatic rings. The van der Waals surface area contributed by atoms with Gasteiger partial charge in [-0.3, -0.25) is 14.5 Å². The van der Waals surface area contributed by atoms with Crippen LogP contribution in [0.1, 0.15) is 31.7 Å². The summed E-state index contributed by atoms with van der Waals surface area (Å²) in [4.78, 5) is 26.2. The molecule has 0 saturated carbocycles. The van der Waals surface area contributed by atoms with Crippen molar-refractivity contribution >= 4 is 11.8 Å². The van der Waals surface area contributed by atoms with E-state index in [1.54, 1.807) is 6.92 Å². The van der Waals surface area contributed by atoms with Gasteiger partial charge >= 0.3 is 5.97 Å². The van der Waals surface area contributed by atoms with Crippen molar-refractivity contribution in [3.05, 3.63) is 35.9 Å². The van der Waals surface area contributed by atoms with Crippen LogP contribution in [0, 0.1) is 5.92 Å². The highest BCUT2D eigenvalue weighted by Gasteiger charge is 2.29. The summed E-state index contributed by atoms with van der Waals surface area (Å²) in [7, 11) is 0. The van der Waals surface area contributed by atoms with E-state index < -0.39 is 5.92 Å². The van der Waals surface area contributed by atoms with Crippen molar-refractivity contribution in [1.82, 2.24) is 4.90 Å². The topological polar surface area (TPSA) is 46.6 Å². The van der Waals surface area contributed by atoms with Gasteiger partial charge < -0.3 is 4.74 Å². The van der Waals surface area contributed by atoms with E-state index in [0.29, 0.717) is 19.4 Å². The molecule has 0 radical (unpaired) electrons. The van der Waals surface area contributed by atoms with Crippen molar-refractivity contribution in [2.45, 2.75) is 32.7 Å². The van der Waals surface area contributed by atoms with Gasteiger partial charge in [0.15, 0.2) is 0 Å². The minimum absolute atomic E-state index is 0.0350. The van der Waals surface area contributed by atoms with Crippen LogP contribution in [0.25, 0.3) is 0 Å². The molecular weight excluding hydrogens is 266 g/mol. The summed E-state index contributed by atoms with van der Waals surface area (Å²) in [6.45, 7) is 4.62. The van der Waals surface area contributed by atoms with Crippen LogP contribution >= 0.6 is 0 Å². The van der Waals surface area contributed by atoms with Crippen LogP contribution < -0.4 is 0 Å². The molecule has 4 heteroatoms. The van der Waals surface area contributed by atoms with Crippen LogP contribution in [-0.4, -0.2) is 36.3 Å². The maximum atomic E-state index is 12.0. The lowest BCUT2D eigenvalue weighted by molar-refractivity contribution is -0.152. The quantitative estimate of drug-likeness (QED) is 0.631. The lowest BCUT2D eigenvalue weighted by Crippen LogP contribution is -2.35. The molecule has 114 valence electrons. The third-order valence-corrected chi connectivity index (χ3v) is 3.84. The molecule has 0 amide bonds. The van der Waals surface area contributed by atoms with Gasteiger partial charge in [-0.15, -0.1) is 0 Å². The van der Waals surface area contributed by atoms with E-state index in [1.165, 1.54) is 5.56 Å². The highest BCUT2D eigenvalue weighted by Crippen LogP contribution is 2.17. The van der Waals surface area contributed by atoms with Gasteiger partial charge in [0.25, 0.3) is 0 Å². The largest absolute Gasteiger partial charge is 0.465 e. The second-order valence-electron chi connectivity index (χ2n) is 5.42. The molecular formula is C17H23NO3. The van der Waals surface area contributed by atoms with E-state index in [1.807, 2.05) is 18.2 Å². The zero-order valence-electron chi connectivity index (χ0n) is 12.6. The molecule has 2 rings (SSSR count). The minimum Gasteiger partial charge on any atom is -0.465 e. The van der Waals surface area contributed by atoms with E-state index in [9.17, 15) is 9.59 Å². The number of carbonyl (C=O) groups is 2. The summed E-state index contributed by atoms with van der Waals surface area (Å²) in [6.07, 6.45) is 1.83. The molecule has 1 aromatic rings. The van der Waals surface area contributed by atoms with Crippen molar-refractivity contribution in [2.75, 3.05) is 19.7 Å². The second-order valence-corrected chi connectivity index (χ2v) is 5.42. The van der Waals surface area contributed by atoms with Crippen LogP contribution in [0.4, 0.5) is 0 Å². The standard InChI is InChI=1S/C17H23NO3/c1-2-21-17(20)15-10-12-18(11-6-9-16(15)19)13-14-7-4-3-5-8-14/h3-5,7-8,15H,2,6,9-13H2,1H3/t15-/m0/s1. The lowest BCUT2D eigenvalue weighted by atomic mass is 9.94. The molecule has 1 fully saturated rings. The first-order valence-corrected chi connectivity index (χ1v) is 7.66. The van der Waals surface area contributed by atoms with Crippen LogP contribution in [0.5, 0.6) is 0 Å². The number of hydrogen-bond acceptors (Lipinski definition) is 4. The number of carbonyl (C=O) groups excluding carboxylic acids is 2. The molecule has 1 aliphatic heterocycles. The highest BCUT2D eigenvalue weighted by atomic mass is 16.5. The molecule has 0 N–H and O–H groups in total. The second kappa shape index (κ2) is 7.93. The normalized spacial score (nSPS) is 20.6. The molecule has 1 aromatic carbocycles. The fraction of sp³-hybridized carbons (Fsp3) is 0.529. The molecule has 1 saturated heterocycles. The Morgan fingerprint density at radius 1 is 1.29 bits per heavy atom. The van der Waals surface area contributed by atoms with Crippen LogP contribution in [0.3, 0.4) is 0 Å². The Hall–Kier alpha value is -1.68. The summed E-state index contributed by atoms with van der Waals surface area (Å²) in [6, 6.07) is 10.3. The van der Waals surface area contributed by atoms with Crippen LogP contribution in [0.15, 0.2) is 30.3 Å². The van der Waals surface area contributed by atoms with E-state index in [4.69, 9.17) is 4.74 Å². The minimum atomic E-state index is -0.580.